The monoisotopic (exact) mass is 270 g/mol. The molecule has 0 radical (unpaired) electrons. The van der Waals surface area contributed by atoms with Crippen LogP contribution in [-0.2, 0) is 4.79 Å². The normalized spacial score (nSPS) is 11.7. The van der Waals surface area contributed by atoms with Crippen molar-refractivity contribution in [3.63, 3.8) is 0 Å². The molecule has 2 rings (SSSR count). The smallest absolute Gasteiger partial charge is 0.339 e. The number of carbonyl (C=O) groups excluding carboxylic acids is 1. The Morgan fingerprint density at radius 1 is 1.15 bits per heavy atom. The molecule has 5 heteroatoms. The highest BCUT2D eigenvalue weighted by Gasteiger charge is 2.18. The van der Waals surface area contributed by atoms with E-state index in [1.165, 1.54) is 18.3 Å². The second kappa shape index (κ2) is 5.97. The van der Waals surface area contributed by atoms with Crippen LogP contribution in [0, 0.1) is 0 Å². The highest BCUT2D eigenvalue weighted by molar-refractivity contribution is 6.01. The Hall–Kier alpha value is -2.69. The number of rotatable bonds is 4. The van der Waals surface area contributed by atoms with Gasteiger partial charge in [0.05, 0.1) is 5.92 Å². The predicted octanol–water partition coefficient (Wildman–Crippen LogP) is 2.52. The summed E-state index contributed by atoms with van der Waals surface area (Å²) in [5.74, 6) is -1.74. The van der Waals surface area contributed by atoms with Crippen LogP contribution in [0.3, 0.4) is 0 Å². The van der Waals surface area contributed by atoms with E-state index in [-0.39, 0.29) is 23.2 Å². The first-order valence-electron chi connectivity index (χ1n) is 6.13. The Bertz CT molecular complexity index is 626. The Labute approximate surface area is 116 Å². The fraction of sp³-hybridized carbons (Fsp3) is 0.133. The molecule has 0 aliphatic rings. The molecule has 5 nitrogen and oxygen atoms in total. The van der Waals surface area contributed by atoms with Gasteiger partial charge in [-0.1, -0.05) is 30.3 Å². The summed E-state index contributed by atoms with van der Waals surface area (Å²) >= 11 is 0. The number of aromatic nitrogens is 1. The zero-order chi connectivity index (χ0) is 14.5. The van der Waals surface area contributed by atoms with Crippen LogP contribution in [0.4, 0.5) is 5.82 Å². The van der Waals surface area contributed by atoms with Gasteiger partial charge in [0.25, 0.3) is 0 Å². The molecule has 2 aromatic rings. The standard InChI is InChI=1S/C15H14N2O3/c1-10(11-6-3-2-4-7-11)14(18)17-13-12(15(19)20)8-5-9-16-13/h2-10H,1H3,(H,19,20)(H,16,17,18). The van der Waals surface area contributed by atoms with Crippen molar-refractivity contribution in [1.82, 2.24) is 4.98 Å². The zero-order valence-electron chi connectivity index (χ0n) is 10.9. The highest BCUT2D eigenvalue weighted by Crippen LogP contribution is 2.18. The first kappa shape index (κ1) is 13.7. The molecular weight excluding hydrogens is 256 g/mol. The van der Waals surface area contributed by atoms with E-state index in [1.807, 2.05) is 30.3 Å². The molecular formula is C15H14N2O3. The van der Waals surface area contributed by atoms with E-state index in [0.29, 0.717) is 0 Å². The van der Waals surface area contributed by atoms with Gasteiger partial charge in [0, 0.05) is 6.20 Å². The lowest BCUT2D eigenvalue weighted by molar-refractivity contribution is -0.117. The number of carboxylic acid groups (broad SMARTS) is 1. The summed E-state index contributed by atoms with van der Waals surface area (Å²) in [6.45, 7) is 1.76. The van der Waals surface area contributed by atoms with Gasteiger partial charge in [-0.05, 0) is 24.6 Å². The van der Waals surface area contributed by atoms with Crippen LogP contribution in [0.15, 0.2) is 48.7 Å². The maximum atomic E-state index is 12.1. The molecule has 102 valence electrons. The highest BCUT2D eigenvalue weighted by atomic mass is 16.4. The fourth-order valence-electron chi connectivity index (χ4n) is 1.80. The number of carbonyl (C=O) groups is 2. The molecule has 0 aliphatic carbocycles. The largest absolute Gasteiger partial charge is 0.478 e. The van der Waals surface area contributed by atoms with Crippen molar-refractivity contribution in [1.29, 1.82) is 0 Å². The Kier molecular flexibility index (Phi) is 4.10. The number of anilines is 1. The third-order valence-electron chi connectivity index (χ3n) is 2.97. The first-order chi connectivity index (χ1) is 9.59. The van der Waals surface area contributed by atoms with Gasteiger partial charge in [0.15, 0.2) is 0 Å². The summed E-state index contributed by atoms with van der Waals surface area (Å²) in [5, 5.41) is 11.6. The maximum absolute atomic E-state index is 12.1. The number of carboxylic acids is 1. The van der Waals surface area contributed by atoms with Crippen LogP contribution in [-0.4, -0.2) is 22.0 Å². The second-order valence-corrected chi connectivity index (χ2v) is 4.33. The number of benzene rings is 1. The minimum Gasteiger partial charge on any atom is -0.478 e. The number of pyridine rings is 1. The Morgan fingerprint density at radius 3 is 2.50 bits per heavy atom. The van der Waals surface area contributed by atoms with Gasteiger partial charge in [0.2, 0.25) is 5.91 Å². The molecule has 1 unspecified atom stereocenters. The van der Waals surface area contributed by atoms with Gasteiger partial charge in [-0.2, -0.15) is 0 Å². The molecule has 0 saturated carbocycles. The Balaban J connectivity index is 2.18. The minimum atomic E-state index is -1.12. The second-order valence-electron chi connectivity index (χ2n) is 4.33. The summed E-state index contributed by atoms with van der Waals surface area (Å²) in [7, 11) is 0. The average Bonchev–Trinajstić information content (AvgIpc) is 2.47. The van der Waals surface area contributed by atoms with Crippen molar-refractivity contribution in [2.45, 2.75) is 12.8 Å². The van der Waals surface area contributed by atoms with E-state index in [1.54, 1.807) is 6.92 Å². The number of hydrogen-bond acceptors (Lipinski definition) is 3. The summed E-state index contributed by atoms with van der Waals surface area (Å²) in [4.78, 5) is 27.1. The molecule has 0 bridgehead atoms. The minimum absolute atomic E-state index is 0.0267. The van der Waals surface area contributed by atoms with E-state index in [2.05, 4.69) is 10.3 Å². The quantitative estimate of drug-likeness (QED) is 0.894. The van der Waals surface area contributed by atoms with Crippen LogP contribution in [0.25, 0.3) is 0 Å². The van der Waals surface area contributed by atoms with E-state index in [4.69, 9.17) is 5.11 Å². The van der Waals surface area contributed by atoms with Gasteiger partial charge in [0.1, 0.15) is 11.4 Å². The van der Waals surface area contributed by atoms with Gasteiger partial charge in [-0.3, -0.25) is 4.79 Å². The summed E-state index contributed by atoms with van der Waals surface area (Å²) in [6, 6.07) is 12.2. The third-order valence-corrected chi connectivity index (χ3v) is 2.97. The van der Waals surface area contributed by atoms with Gasteiger partial charge in [-0.25, -0.2) is 9.78 Å². The van der Waals surface area contributed by atoms with Gasteiger partial charge >= 0.3 is 5.97 Å². The fourth-order valence-corrected chi connectivity index (χ4v) is 1.80. The molecule has 1 aromatic heterocycles. The molecule has 20 heavy (non-hydrogen) atoms. The van der Waals surface area contributed by atoms with Crippen molar-refractivity contribution in [2.75, 3.05) is 5.32 Å². The van der Waals surface area contributed by atoms with Crippen molar-refractivity contribution in [2.24, 2.45) is 0 Å². The van der Waals surface area contributed by atoms with Crippen LogP contribution in [0.2, 0.25) is 0 Å². The lowest BCUT2D eigenvalue weighted by Gasteiger charge is -2.13. The maximum Gasteiger partial charge on any atom is 0.339 e. The van der Waals surface area contributed by atoms with Crippen LogP contribution < -0.4 is 5.32 Å². The van der Waals surface area contributed by atoms with E-state index in [0.717, 1.165) is 5.56 Å². The number of nitrogens with one attached hydrogen (secondary N) is 1. The molecule has 2 N–H and O–H groups in total. The topological polar surface area (TPSA) is 79.3 Å². The third kappa shape index (κ3) is 3.00. The Morgan fingerprint density at radius 2 is 1.85 bits per heavy atom. The van der Waals surface area contributed by atoms with Crippen molar-refractivity contribution in [3.05, 3.63) is 59.8 Å². The summed E-state index contributed by atoms with van der Waals surface area (Å²) < 4.78 is 0. The lowest BCUT2D eigenvalue weighted by atomic mass is 10.0. The van der Waals surface area contributed by atoms with E-state index < -0.39 is 5.97 Å². The SMILES string of the molecule is CC(C(=O)Nc1ncccc1C(=O)O)c1ccccc1. The van der Waals surface area contributed by atoms with Gasteiger partial charge < -0.3 is 10.4 Å². The van der Waals surface area contributed by atoms with Crippen molar-refractivity contribution in [3.8, 4) is 0 Å². The van der Waals surface area contributed by atoms with E-state index >= 15 is 0 Å². The molecule has 0 fully saturated rings. The molecule has 0 spiro atoms. The first-order valence-corrected chi connectivity index (χ1v) is 6.13. The summed E-state index contributed by atoms with van der Waals surface area (Å²) in [5.41, 5.74) is 0.832. The molecule has 0 aliphatic heterocycles. The van der Waals surface area contributed by atoms with Crippen LogP contribution in [0.5, 0.6) is 0 Å². The van der Waals surface area contributed by atoms with Crippen molar-refractivity contribution >= 4 is 17.7 Å². The number of hydrogen-bond donors (Lipinski definition) is 2. The molecule has 1 heterocycles. The number of nitrogens with zero attached hydrogens (tertiary/aromatic N) is 1. The number of aromatic carboxylic acids is 1. The molecule has 0 saturated heterocycles. The molecule has 1 atom stereocenters. The van der Waals surface area contributed by atoms with Crippen LogP contribution >= 0.6 is 0 Å². The number of amides is 1. The zero-order valence-corrected chi connectivity index (χ0v) is 10.9. The van der Waals surface area contributed by atoms with Crippen molar-refractivity contribution < 1.29 is 14.7 Å². The molecule has 1 amide bonds. The average molecular weight is 270 g/mol. The lowest BCUT2D eigenvalue weighted by Crippen LogP contribution is -2.21. The van der Waals surface area contributed by atoms with Crippen LogP contribution in [0.1, 0.15) is 28.8 Å². The van der Waals surface area contributed by atoms with Gasteiger partial charge in [-0.15, -0.1) is 0 Å². The van der Waals surface area contributed by atoms with E-state index in [9.17, 15) is 9.59 Å². The summed E-state index contributed by atoms with van der Waals surface area (Å²) in [6.07, 6.45) is 1.44. The molecule has 1 aromatic carbocycles. The predicted molar refractivity (Wildman–Crippen MR) is 74.7 cm³/mol.